The summed E-state index contributed by atoms with van der Waals surface area (Å²) in [5.41, 5.74) is 3.06. The van der Waals surface area contributed by atoms with Crippen LogP contribution in [0.2, 0.25) is 0 Å². The molecule has 0 bridgehead atoms. The van der Waals surface area contributed by atoms with Gasteiger partial charge in [-0.1, -0.05) is 41.6 Å². The summed E-state index contributed by atoms with van der Waals surface area (Å²) in [7, 11) is 0. The van der Waals surface area contributed by atoms with E-state index in [0.717, 1.165) is 29.8 Å². The number of carbonyl (C=O) groups excluding carboxylic acids is 1. The highest BCUT2D eigenvalue weighted by atomic mass is 19.1. The monoisotopic (exact) mass is 408 g/mol. The van der Waals surface area contributed by atoms with Gasteiger partial charge in [0.25, 0.3) is 0 Å². The van der Waals surface area contributed by atoms with E-state index in [0.29, 0.717) is 44.2 Å². The Balaban J connectivity index is 1.25. The Labute approximate surface area is 175 Å². The number of nitrogens with zero attached hydrogens (tertiary/aromatic N) is 4. The highest BCUT2D eigenvalue weighted by Gasteiger charge is 2.22. The quantitative estimate of drug-likeness (QED) is 0.625. The van der Waals surface area contributed by atoms with E-state index in [1.807, 2.05) is 36.1 Å². The average Bonchev–Trinajstić information content (AvgIpc) is 3.22. The number of benzene rings is 2. The molecule has 1 aliphatic heterocycles. The minimum Gasteiger partial charge on any atom is -0.340 e. The molecule has 1 amide bonds. The Morgan fingerprint density at radius 3 is 2.53 bits per heavy atom. The largest absolute Gasteiger partial charge is 0.340 e. The first-order valence-corrected chi connectivity index (χ1v) is 10.2. The number of rotatable bonds is 6. The fourth-order valence-electron chi connectivity index (χ4n) is 3.66. The summed E-state index contributed by atoms with van der Waals surface area (Å²) < 4.78 is 18.4. The fourth-order valence-corrected chi connectivity index (χ4v) is 3.66. The van der Waals surface area contributed by atoms with Crippen LogP contribution < -0.4 is 0 Å². The van der Waals surface area contributed by atoms with Crippen molar-refractivity contribution in [1.29, 1.82) is 0 Å². The number of piperazine rings is 1. The van der Waals surface area contributed by atoms with Crippen molar-refractivity contribution < 1.29 is 13.7 Å². The average molecular weight is 408 g/mol. The summed E-state index contributed by atoms with van der Waals surface area (Å²) in [4.78, 5) is 21.1. The van der Waals surface area contributed by atoms with E-state index in [4.69, 9.17) is 4.52 Å². The van der Waals surface area contributed by atoms with E-state index in [-0.39, 0.29) is 11.7 Å². The second-order valence-electron chi connectivity index (χ2n) is 7.61. The molecule has 7 heteroatoms. The van der Waals surface area contributed by atoms with E-state index in [9.17, 15) is 9.18 Å². The predicted octanol–water partition coefficient (Wildman–Crippen LogP) is 3.46. The third-order valence-electron chi connectivity index (χ3n) is 5.48. The SMILES string of the molecule is Cc1ccccc1-c1noc(CN2CCN(C(=O)CCc3ccc(F)cc3)CC2)n1. The second-order valence-corrected chi connectivity index (χ2v) is 7.61. The second kappa shape index (κ2) is 9.17. The molecule has 0 spiro atoms. The Bertz CT molecular complexity index is 994. The topological polar surface area (TPSA) is 62.5 Å². The van der Waals surface area contributed by atoms with Gasteiger partial charge in [-0.05, 0) is 36.6 Å². The Kier molecular flexibility index (Phi) is 6.18. The molecule has 2 heterocycles. The van der Waals surface area contributed by atoms with Crippen LogP contribution in [-0.2, 0) is 17.8 Å². The lowest BCUT2D eigenvalue weighted by Crippen LogP contribution is -2.48. The van der Waals surface area contributed by atoms with Crippen LogP contribution in [-0.4, -0.2) is 52.0 Å². The van der Waals surface area contributed by atoms with Crippen molar-refractivity contribution in [2.45, 2.75) is 26.3 Å². The fraction of sp³-hybridized carbons (Fsp3) is 0.348. The van der Waals surface area contributed by atoms with Crippen LogP contribution in [0.1, 0.15) is 23.4 Å². The summed E-state index contributed by atoms with van der Waals surface area (Å²) in [6, 6.07) is 14.3. The maximum Gasteiger partial charge on any atom is 0.241 e. The van der Waals surface area contributed by atoms with Gasteiger partial charge in [0.1, 0.15) is 5.82 Å². The van der Waals surface area contributed by atoms with Crippen molar-refractivity contribution in [2.24, 2.45) is 0 Å². The summed E-state index contributed by atoms with van der Waals surface area (Å²) >= 11 is 0. The molecule has 0 radical (unpaired) electrons. The molecule has 0 aliphatic carbocycles. The lowest BCUT2D eigenvalue weighted by atomic mass is 10.1. The van der Waals surface area contributed by atoms with Crippen LogP contribution in [0.4, 0.5) is 4.39 Å². The van der Waals surface area contributed by atoms with Crippen molar-refractivity contribution in [3.05, 3.63) is 71.4 Å². The van der Waals surface area contributed by atoms with E-state index in [1.54, 1.807) is 12.1 Å². The van der Waals surface area contributed by atoms with Gasteiger partial charge >= 0.3 is 0 Å². The van der Waals surface area contributed by atoms with Gasteiger partial charge in [0.2, 0.25) is 17.6 Å². The molecule has 0 atom stereocenters. The lowest BCUT2D eigenvalue weighted by Gasteiger charge is -2.34. The van der Waals surface area contributed by atoms with Crippen LogP contribution in [0.5, 0.6) is 0 Å². The molecule has 6 nitrogen and oxygen atoms in total. The minimum atomic E-state index is -0.256. The molecule has 156 valence electrons. The van der Waals surface area contributed by atoms with Crippen LogP contribution >= 0.6 is 0 Å². The molecule has 3 aromatic rings. The molecule has 1 aromatic heterocycles. The summed E-state index contributed by atoms with van der Waals surface area (Å²) in [5.74, 6) is 1.08. The smallest absolute Gasteiger partial charge is 0.241 e. The van der Waals surface area contributed by atoms with Crippen LogP contribution in [0.3, 0.4) is 0 Å². The van der Waals surface area contributed by atoms with Crippen molar-refractivity contribution in [1.82, 2.24) is 19.9 Å². The Morgan fingerprint density at radius 2 is 1.80 bits per heavy atom. The molecule has 2 aromatic carbocycles. The zero-order valence-electron chi connectivity index (χ0n) is 17.1. The highest BCUT2D eigenvalue weighted by Crippen LogP contribution is 2.20. The molecule has 4 rings (SSSR count). The number of amides is 1. The van der Waals surface area contributed by atoms with E-state index in [2.05, 4.69) is 15.0 Å². The molecule has 0 unspecified atom stereocenters. The number of carbonyl (C=O) groups is 1. The number of halogens is 1. The Hall–Kier alpha value is -3.06. The third kappa shape index (κ3) is 4.91. The molecule has 1 saturated heterocycles. The zero-order valence-corrected chi connectivity index (χ0v) is 17.1. The highest BCUT2D eigenvalue weighted by molar-refractivity contribution is 5.76. The summed E-state index contributed by atoms with van der Waals surface area (Å²) in [6.45, 7) is 5.50. The molecule has 1 aliphatic rings. The Morgan fingerprint density at radius 1 is 1.07 bits per heavy atom. The first kappa shape index (κ1) is 20.2. The van der Waals surface area contributed by atoms with Gasteiger partial charge in [0.05, 0.1) is 6.54 Å². The van der Waals surface area contributed by atoms with E-state index in [1.165, 1.54) is 12.1 Å². The normalized spacial score (nSPS) is 14.8. The number of hydrogen-bond donors (Lipinski definition) is 0. The summed E-state index contributed by atoms with van der Waals surface area (Å²) in [5, 5.41) is 4.11. The van der Waals surface area contributed by atoms with Crippen molar-refractivity contribution in [2.75, 3.05) is 26.2 Å². The van der Waals surface area contributed by atoms with Crippen LogP contribution in [0, 0.1) is 12.7 Å². The minimum absolute atomic E-state index is 0.138. The molecule has 30 heavy (non-hydrogen) atoms. The van der Waals surface area contributed by atoms with Crippen molar-refractivity contribution in [3.63, 3.8) is 0 Å². The lowest BCUT2D eigenvalue weighted by molar-refractivity contribution is -0.133. The number of hydrogen-bond acceptors (Lipinski definition) is 5. The standard InChI is InChI=1S/C23H25FN4O2/c1-17-4-2-3-5-20(17)23-25-21(30-26-23)16-27-12-14-28(15-13-27)22(29)11-8-18-6-9-19(24)10-7-18/h2-7,9-10H,8,11-16H2,1H3. The van der Waals surface area contributed by atoms with Gasteiger partial charge in [-0.15, -0.1) is 0 Å². The van der Waals surface area contributed by atoms with E-state index >= 15 is 0 Å². The molecule has 0 N–H and O–H groups in total. The van der Waals surface area contributed by atoms with Gasteiger partial charge in [-0.25, -0.2) is 4.39 Å². The van der Waals surface area contributed by atoms with Gasteiger partial charge < -0.3 is 9.42 Å². The first-order chi connectivity index (χ1) is 14.6. The van der Waals surface area contributed by atoms with Gasteiger partial charge in [-0.2, -0.15) is 4.98 Å². The van der Waals surface area contributed by atoms with Crippen molar-refractivity contribution >= 4 is 5.91 Å². The number of aromatic nitrogens is 2. The van der Waals surface area contributed by atoms with Crippen molar-refractivity contribution in [3.8, 4) is 11.4 Å². The molecular weight excluding hydrogens is 383 g/mol. The van der Waals surface area contributed by atoms with E-state index < -0.39 is 0 Å². The van der Waals surface area contributed by atoms with Gasteiger partial charge in [-0.3, -0.25) is 9.69 Å². The molecule has 0 saturated carbocycles. The summed E-state index contributed by atoms with van der Waals surface area (Å²) in [6.07, 6.45) is 1.07. The van der Waals surface area contributed by atoms with Gasteiger partial charge in [0, 0.05) is 38.2 Å². The zero-order chi connectivity index (χ0) is 20.9. The molecular formula is C23H25FN4O2. The third-order valence-corrected chi connectivity index (χ3v) is 5.48. The maximum absolute atomic E-state index is 13.0. The number of aryl methyl sites for hydroxylation is 2. The first-order valence-electron chi connectivity index (χ1n) is 10.2. The van der Waals surface area contributed by atoms with Crippen LogP contribution in [0.25, 0.3) is 11.4 Å². The molecule has 1 fully saturated rings. The van der Waals surface area contributed by atoms with Gasteiger partial charge in [0.15, 0.2) is 0 Å². The maximum atomic E-state index is 13.0. The van der Waals surface area contributed by atoms with Crippen LogP contribution in [0.15, 0.2) is 53.1 Å². The predicted molar refractivity (Wildman–Crippen MR) is 111 cm³/mol.